The van der Waals surface area contributed by atoms with Crippen LogP contribution in [0.1, 0.15) is 47.0 Å². The molecule has 160 valence electrons. The minimum atomic E-state index is -0.0252. The average molecular weight is 444 g/mol. The van der Waals surface area contributed by atoms with Crippen LogP contribution in [0.15, 0.2) is 48.5 Å². The van der Waals surface area contributed by atoms with Gasteiger partial charge in [-0.1, -0.05) is 59.9 Å². The molecule has 2 saturated carbocycles. The third kappa shape index (κ3) is 3.80. The smallest absolute Gasteiger partial charge is 0.253 e. The summed E-state index contributed by atoms with van der Waals surface area (Å²) < 4.78 is 1.35. The fourth-order valence-electron chi connectivity index (χ4n) is 3.72. The fraction of sp³-hybridized carbons (Fsp3) is 0.304. The zero-order chi connectivity index (χ0) is 21.5. The van der Waals surface area contributed by atoms with E-state index in [0.717, 1.165) is 45.2 Å². The van der Waals surface area contributed by atoms with Crippen molar-refractivity contribution < 1.29 is 4.79 Å². The number of anilines is 1. The van der Waals surface area contributed by atoms with Crippen LogP contribution in [-0.2, 0) is 6.54 Å². The van der Waals surface area contributed by atoms with Gasteiger partial charge in [-0.05, 0) is 52.8 Å². The van der Waals surface area contributed by atoms with Crippen LogP contribution in [0.2, 0.25) is 0 Å². The van der Waals surface area contributed by atoms with E-state index in [1.807, 2.05) is 24.3 Å². The minimum absolute atomic E-state index is 0.0252. The van der Waals surface area contributed by atoms with Crippen molar-refractivity contribution in [2.45, 2.75) is 38.1 Å². The number of benzene rings is 2. The van der Waals surface area contributed by atoms with Gasteiger partial charge in [0.05, 0.1) is 0 Å². The van der Waals surface area contributed by atoms with E-state index in [2.05, 4.69) is 55.3 Å². The Kier molecular flexibility index (Phi) is 4.75. The van der Waals surface area contributed by atoms with Gasteiger partial charge >= 0.3 is 0 Å². The van der Waals surface area contributed by atoms with Crippen LogP contribution in [0.3, 0.4) is 0 Å². The standard InChI is InChI=1S/C23H21N7OS/c31-22(17-11-12-17)30-20(25-28-29-30)19-4-2-1-3-18(19)15-7-5-14(6-8-15)13-24-23-27-26-21(32-23)16-9-10-16/h1-8,16-17H,9-13H2,(H,24,27). The number of hydrogen-bond acceptors (Lipinski definition) is 8. The van der Waals surface area contributed by atoms with Crippen LogP contribution in [0.25, 0.3) is 22.5 Å². The van der Waals surface area contributed by atoms with Crippen LogP contribution < -0.4 is 5.32 Å². The summed E-state index contributed by atoms with van der Waals surface area (Å²) in [4.78, 5) is 12.6. The molecule has 2 aromatic carbocycles. The monoisotopic (exact) mass is 443 g/mol. The Morgan fingerprint density at radius 3 is 2.50 bits per heavy atom. The highest BCUT2D eigenvalue weighted by Gasteiger charge is 2.33. The maximum absolute atomic E-state index is 12.6. The molecular weight excluding hydrogens is 422 g/mol. The van der Waals surface area contributed by atoms with Gasteiger partial charge in [-0.3, -0.25) is 4.79 Å². The van der Waals surface area contributed by atoms with Crippen molar-refractivity contribution in [2.24, 2.45) is 5.92 Å². The van der Waals surface area contributed by atoms with Gasteiger partial charge in [-0.2, -0.15) is 4.68 Å². The molecule has 6 rings (SSSR count). The molecule has 0 spiro atoms. The lowest BCUT2D eigenvalue weighted by molar-refractivity contribution is 0.0870. The van der Waals surface area contributed by atoms with E-state index in [1.54, 1.807) is 11.3 Å². The third-order valence-electron chi connectivity index (χ3n) is 5.85. The average Bonchev–Trinajstić information content (AvgIpc) is 3.77. The molecule has 9 heteroatoms. The molecule has 2 heterocycles. The van der Waals surface area contributed by atoms with E-state index < -0.39 is 0 Å². The lowest BCUT2D eigenvalue weighted by Gasteiger charge is -2.10. The second kappa shape index (κ2) is 7.90. The predicted molar refractivity (Wildman–Crippen MR) is 121 cm³/mol. The molecule has 0 amide bonds. The number of hydrogen-bond donors (Lipinski definition) is 1. The molecule has 1 N–H and O–H groups in total. The molecule has 0 aliphatic heterocycles. The molecule has 2 aliphatic carbocycles. The Hall–Kier alpha value is -3.46. The second-order valence-electron chi connectivity index (χ2n) is 8.34. The van der Waals surface area contributed by atoms with E-state index in [-0.39, 0.29) is 11.8 Å². The molecule has 2 aromatic heterocycles. The van der Waals surface area contributed by atoms with Crippen molar-refractivity contribution in [3.05, 3.63) is 59.1 Å². The van der Waals surface area contributed by atoms with Gasteiger partial charge < -0.3 is 5.32 Å². The zero-order valence-electron chi connectivity index (χ0n) is 17.3. The molecule has 0 radical (unpaired) electrons. The first-order valence-electron chi connectivity index (χ1n) is 10.8. The first-order chi connectivity index (χ1) is 15.8. The van der Waals surface area contributed by atoms with E-state index in [4.69, 9.17) is 0 Å². The molecular formula is C23H21N7OS. The number of aromatic nitrogens is 6. The highest BCUT2D eigenvalue weighted by Crippen LogP contribution is 2.42. The predicted octanol–water partition coefficient (Wildman–Crippen LogP) is 4.40. The third-order valence-corrected chi connectivity index (χ3v) is 6.89. The molecule has 0 unspecified atom stereocenters. The van der Waals surface area contributed by atoms with Crippen LogP contribution in [0.5, 0.6) is 0 Å². The Morgan fingerprint density at radius 2 is 1.75 bits per heavy atom. The number of carbonyl (C=O) groups is 1. The molecule has 32 heavy (non-hydrogen) atoms. The maximum atomic E-state index is 12.6. The first kappa shape index (κ1) is 19.2. The minimum Gasteiger partial charge on any atom is -0.356 e. The summed E-state index contributed by atoms with van der Waals surface area (Å²) in [7, 11) is 0. The van der Waals surface area contributed by atoms with Crippen LogP contribution in [0.4, 0.5) is 5.13 Å². The number of rotatable bonds is 7. The Bertz CT molecular complexity index is 1270. The van der Waals surface area contributed by atoms with Gasteiger partial charge in [0.1, 0.15) is 5.01 Å². The molecule has 4 aromatic rings. The molecule has 2 aliphatic rings. The highest BCUT2D eigenvalue weighted by molar-refractivity contribution is 7.15. The lowest BCUT2D eigenvalue weighted by atomic mass is 9.98. The number of tetrazole rings is 1. The van der Waals surface area contributed by atoms with Gasteiger partial charge in [0, 0.05) is 23.9 Å². The van der Waals surface area contributed by atoms with E-state index in [0.29, 0.717) is 18.3 Å². The van der Waals surface area contributed by atoms with Crippen molar-refractivity contribution in [3.8, 4) is 22.5 Å². The van der Waals surface area contributed by atoms with Gasteiger partial charge in [0.25, 0.3) is 5.91 Å². The number of nitrogens with zero attached hydrogens (tertiary/aromatic N) is 6. The van der Waals surface area contributed by atoms with E-state index >= 15 is 0 Å². The molecule has 0 saturated heterocycles. The van der Waals surface area contributed by atoms with Crippen molar-refractivity contribution in [1.29, 1.82) is 0 Å². The summed E-state index contributed by atoms with van der Waals surface area (Å²) in [6.45, 7) is 0.690. The first-order valence-corrected chi connectivity index (χ1v) is 11.7. The number of nitrogens with one attached hydrogen (secondary N) is 1. The van der Waals surface area contributed by atoms with Crippen LogP contribution >= 0.6 is 11.3 Å². The van der Waals surface area contributed by atoms with Gasteiger partial charge in [0.15, 0.2) is 5.82 Å². The summed E-state index contributed by atoms with van der Waals surface area (Å²) in [5.41, 5.74) is 4.04. The van der Waals surface area contributed by atoms with Crippen molar-refractivity contribution in [1.82, 2.24) is 30.4 Å². The van der Waals surface area contributed by atoms with Crippen molar-refractivity contribution >= 4 is 22.4 Å². The fourth-order valence-corrected chi connectivity index (χ4v) is 4.63. The largest absolute Gasteiger partial charge is 0.356 e. The summed E-state index contributed by atoms with van der Waals surface area (Å²) in [5.74, 6) is 1.14. The van der Waals surface area contributed by atoms with E-state index in [1.165, 1.54) is 17.5 Å². The van der Waals surface area contributed by atoms with Crippen LogP contribution in [0, 0.1) is 5.92 Å². The molecule has 0 bridgehead atoms. The van der Waals surface area contributed by atoms with Gasteiger partial charge in [-0.25, -0.2) is 0 Å². The number of carbonyl (C=O) groups excluding carboxylic acids is 1. The maximum Gasteiger partial charge on any atom is 0.253 e. The topological polar surface area (TPSA) is 98.5 Å². The zero-order valence-corrected chi connectivity index (χ0v) is 18.1. The molecule has 2 fully saturated rings. The summed E-state index contributed by atoms with van der Waals surface area (Å²) in [6.07, 6.45) is 4.29. The lowest BCUT2D eigenvalue weighted by Crippen LogP contribution is -2.16. The van der Waals surface area contributed by atoms with Gasteiger partial charge in [0.2, 0.25) is 5.13 Å². The second-order valence-corrected chi connectivity index (χ2v) is 9.35. The Balaban J connectivity index is 1.22. The summed E-state index contributed by atoms with van der Waals surface area (Å²) in [6, 6.07) is 16.3. The quantitative estimate of drug-likeness (QED) is 0.423. The van der Waals surface area contributed by atoms with Gasteiger partial charge in [-0.15, -0.1) is 15.3 Å². The van der Waals surface area contributed by atoms with E-state index in [9.17, 15) is 4.79 Å². The Morgan fingerprint density at radius 1 is 0.969 bits per heavy atom. The normalized spacial score (nSPS) is 15.6. The van der Waals surface area contributed by atoms with Crippen molar-refractivity contribution in [3.63, 3.8) is 0 Å². The SMILES string of the molecule is O=C(C1CC1)n1nnnc1-c1ccccc1-c1ccc(CNc2nnc(C3CC3)s2)cc1. The molecule has 8 nitrogen and oxygen atoms in total. The van der Waals surface area contributed by atoms with Crippen LogP contribution in [-0.4, -0.2) is 36.3 Å². The van der Waals surface area contributed by atoms with Crippen molar-refractivity contribution in [2.75, 3.05) is 5.32 Å². The Labute approximate surface area is 188 Å². The summed E-state index contributed by atoms with van der Waals surface area (Å²) in [5, 5.41) is 25.8. The highest BCUT2D eigenvalue weighted by atomic mass is 32.1. The molecule has 0 atom stereocenters. The summed E-state index contributed by atoms with van der Waals surface area (Å²) >= 11 is 1.65.